The lowest BCUT2D eigenvalue weighted by Gasteiger charge is -2.10. The predicted molar refractivity (Wildman–Crippen MR) is 74.4 cm³/mol. The Morgan fingerprint density at radius 2 is 2.00 bits per heavy atom. The molecule has 2 rings (SSSR count). The maximum absolute atomic E-state index is 12.0. The highest BCUT2D eigenvalue weighted by Crippen LogP contribution is 2.14. The third-order valence-electron chi connectivity index (χ3n) is 3.11. The second-order valence-corrected chi connectivity index (χ2v) is 5.27. The Labute approximate surface area is 111 Å². The molecule has 19 heavy (non-hydrogen) atoms. The van der Waals surface area contributed by atoms with Crippen molar-refractivity contribution < 1.29 is 0 Å². The minimum atomic E-state index is -0.422. The highest BCUT2D eigenvalue weighted by Gasteiger charge is 2.17. The first kappa shape index (κ1) is 13.6. The molecule has 0 saturated carbocycles. The standard InChI is InChI=1S/C13H20N4O2/c1-5-6-9-14-11-10(17(9)7-8(2)3)12(18)15-13(19)16(11)4/h8H,5-7H2,1-4H3,(H,15,18,19). The summed E-state index contributed by atoms with van der Waals surface area (Å²) in [5.74, 6) is 1.28. The molecule has 0 aliphatic heterocycles. The summed E-state index contributed by atoms with van der Waals surface area (Å²) >= 11 is 0. The molecule has 2 aromatic rings. The predicted octanol–water partition coefficient (Wildman–Crippen LogP) is 1.03. The third kappa shape index (κ3) is 2.34. The van der Waals surface area contributed by atoms with Gasteiger partial charge in [-0.15, -0.1) is 0 Å². The molecule has 0 amide bonds. The smallest absolute Gasteiger partial charge is 0.322 e. The van der Waals surface area contributed by atoms with Gasteiger partial charge in [-0.1, -0.05) is 20.8 Å². The quantitative estimate of drug-likeness (QED) is 0.896. The Bertz CT molecular complexity index is 706. The average molecular weight is 264 g/mol. The van der Waals surface area contributed by atoms with Gasteiger partial charge in [0.25, 0.3) is 5.56 Å². The number of aryl methyl sites for hydroxylation is 2. The zero-order chi connectivity index (χ0) is 14.2. The van der Waals surface area contributed by atoms with E-state index in [1.165, 1.54) is 4.57 Å². The highest BCUT2D eigenvalue weighted by molar-refractivity contribution is 5.70. The van der Waals surface area contributed by atoms with E-state index < -0.39 is 5.69 Å². The summed E-state index contributed by atoms with van der Waals surface area (Å²) < 4.78 is 3.34. The van der Waals surface area contributed by atoms with Crippen LogP contribution in [0.25, 0.3) is 11.2 Å². The molecule has 6 nitrogen and oxygen atoms in total. The van der Waals surface area contributed by atoms with Gasteiger partial charge in [-0.3, -0.25) is 14.3 Å². The van der Waals surface area contributed by atoms with Crippen LogP contribution >= 0.6 is 0 Å². The Morgan fingerprint density at radius 1 is 1.32 bits per heavy atom. The second-order valence-electron chi connectivity index (χ2n) is 5.27. The van der Waals surface area contributed by atoms with Gasteiger partial charge in [0.05, 0.1) is 0 Å². The molecule has 2 heterocycles. The topological polar surface area (TPSA) is 72.7 Å². The van der Waals surface area contributed by atoms with Crippen LogP contribution in [-0.4, -0.2) is 19.1 Å². The Kier molecular flexibility index (Phi) is 3.59. The number of nitrogens with zero attached hydrogens (tertiary/aromatic N) is 3. The molecule has 0 unspecified atom stereocenters. The van der Waals surface area contributed by atoms with Crippen LogP contribution in [0, 0.1) is 5.92 Å². The van der Waals surface area contributed by atoms with Gasteiger partial charge < -0.3 is 4.57 Å². The number of aromatic amines is 1. The number of fused-ring (bicyclic) bond motifs is 1. The largest absolute Gasteiger partial charge is 0.329 e. The molecule has 0 bridgehead atoms. The maximum atomic E-state index is 12.0. The average Bonchev–Trinajstić information content (AvgIpc) is 2.66. The van der Waals surface area contributed by atoms with Crippen molar-refractivity contribution in [1.82, 2.24) is 19.1 Å². The van der Waals surface area contributed by atoms with Gasteiger partial charge in [-0.05, 0) is 12.3 Å². The van der Waals surface area contributed by atoms with Crippen molar-refractivity contribution in [2.24, 2.45) is 13.0 Å². The van der Waals surface area contributed by atoms with Gasteiger partial charge in [0, 0.05) is 20.0 Å². The summed E-state index contributed by atoms with van der Waals surface area (Å²) in [6.07, 6.45) is 1.75. The summed E-state index contributed by atoms with van der Waals surface area (Å²) in [6, 6.07) is 0. The van der Waals surface area contributed by atoms with E-state index in [0.717, 1.165) is 25.2 Å². The minimum absolute atomic E-state index is 0.353. The molecule has 0 fully saturated rings. The summed E-state index contributed by atoms with van der Waals surface area (Å²) in [7, 11) is 1.63. The molecule has 1 N–H and O–H groups in total. The summed E-state index contributed by atoms with van der Waals surface area (Å²) in [5.41, 5.74) is 0.195. The van der Waals surface area contributed by atoms with Gasteiger partial charge in [0.1, 0.15) is 5.82 Å². The van der Waals surface area contributed by atoms with Crippen molar-refractivity contribution in [3.05, 3.63) is 26.7 Å². The molecular formula is C13H20N4O2. The molecule has 0 aliphatic rings. The zero-order valence-corrected chi connectivity index (χ0v) is 11.9. The van der Waals surface area contributed by atoms with Crippen LogP contribution < -0.4 is 11.2 Å². The molecular weight excluding hydrogens is 244 g/mol. The SMILES string of the molecule is CCCc1nc2c(c(=O)[nH]c(=O)n2C)n1CC(C)C. The molecule has 0 aromatic carbocycles. The van der Waals surface area contributed by atoms with Crippen LogP contribution in [0.2, 0.25) is 0 Å². The van der Waals surface area contributed by atoms with Crippen LogP contribution in [0.4, 0.5) is 0 Å². The summed E-state index contributed by atoms with van der Waals surface area (Å²) in [5, 5.41) is 0. The number of H-pyrrole nitrogens is 1. The van der Waals surface area contributed by atoms with Gasteiger partial charge in [-0.25, -0.2) is 9.78 Å². The molecule has 104 valence electrons. The summed E-state index contributed by atoms with van der Waals surface area (Å²) in [6.45, 7) is 6.99. The number of hydrogen-bond acceptors (Lipinski definition) is 3. The second kappa shape index (κ2) is 5.03. The lowest BCUT2D eigenvalue weighted by Crippen LogP contribution is -2.29. The molecule has 0 saturated heterocycles. The first-order chi connectivity index (χ1) is 8.95. The zero-order valence-electron chi connectivity index (χ0n) is 11.9. The summed E-state index contributed by atoms with van der Waals surface area (Å²) in [4.78, 5) is 30.5. The van der Waals surface area contributed by atoms with E-state index >= 15 is 0 Å². The van der Waals surface area contributed by atoms with E-state index in [-0.39, 0.29) is 5.56 Å². The highest BCUT2D eigenvalue weighted by atomic mass is 16.2. The lowest BCUT2D eigenvalue weighted by atomic mass is 10.2. The van der Waals surface area contributed by atoms with Crippen molar-refractivity contribution >= 4 is 11.2 Å². The van der Waals surface area contributed by atoms with Crippen molar-refractivity contribution in [2.45, 2.75) is 40.2 Å². The monoisotopic (exact) mass is 264 g/mol. The fraction of sp³-hybridized carbons (Fsp3) is 0.615. The van der Waals surface area contributed by atoms with Gasteiger partial charge >= 0.3 is 5.69 Å². The van der Waals surface area contributed by atoms with Gasteiger partial charge in [0.2, 0.25) is 0 Å². The van der Waals surface area contributed by atoms with Crippen molar-refractivity contribution in [1.29, 1.82) is 0 Å². The van der Waals surface area contributed by atoms with Gasteiger partial charge in [0.15, 0.2) is 11.2 Å². The van der Waals surface area contributed by atoms with Crippen LogP contribution in [0.3, 0.4) is 0 Å². The molecule has 6 heteroatoms. The Balaban J connectivity index is 2.81. The van der Waals surface area contributed by atoms with E-state index in [4.69, 9.17) is 0 Å². The Hall–Kier alpha value is -1.85. The van der Waals surface area contributed by atoms with Crippen molar-refractivity contribution in [3.63, 3.8) is 0 Å². The molecule has 0 aliphatic carbocycles. The van der Waals surface area contributed by atoms with E-state index in [0.29, 0.717) is 17.1 Å². The fourth-order valence-electron chi connectivity index (χ4n) is 2.26. The number of aromatic nitrogens is 4. The van der Waals surface area contributed by atoms with Crippen LogP contribution in [0.1, 0.15) is 33.0 Å². The van der Waals surface area contributed by atoms with Crippen molar-refractivity contribution in [2.75, 3.05) is 0 Å². The molecule has 2 aromatic heterocycles. The minimum Gasteiger partial charge on any atom is -0.322 e. The number of nitrogens with one attached hydrogen (secondary N) is 1. The maximum Gasteiger partial charge on any atom is 0.329 e. The van der Waals surface area contributed by atoms with E-state index in [2.05, 4.69) is 30.7 Å². The third-order valence-corrected chi connectivity index (χ3v) is 3.11. The van der Waals surface area contributed by atoms with E-state index in [9.17, 15) is 9.59 Å². The van der Waals surface area contributed by atoms with Gasteiger partial charge in [-0.2, -0.15) is 0 Å². The fourth-order valence-corrected chi connectivity index (χ4v) is 2.26. The van der Waals surface area contributed by atoms with E-state index in [1.54, 1.807) is 7.05 Å². The first-order valence-corrected chi connectivity index (χ1v) is 6.64. The van der Waals surface area contributed by atoms with Crippen LogP contribution in [-0.2, 0) is 20.0 Å². The molecule has 0 atom stereocenters. The first-order valence-electron chi connectivity index (χ1n) is 6.64. The van der Waals surface area contributed by atoms with Crippen LogP contribution in [0.5, 0.6) is 0 Å². The lowest BCUT2D eigenvalue weighted by molar-refractivity contribution is 0.514. The van der Waals surface area contributed by atoms with E-state index in [1.807, 2.05) is 4.57 Å². The normalized spacial score (nSPS) is 11.6. The number of imidazole rings is 1. The number of hydrogen-bond donors (Lipinski definition) is 1. The Morgan fingerprint density at radius 3 is 2.58 bits per heavy atom. The molecule has 0 radical (unpaired) electrons. The van der Waals surface area contributed by atoms with Crippen molar-refractivity contribution in [3.8, 4) is 0 Å². The number of rotatable bonds is 4. The molecule has 0 spiro atoms. The van der Waals surface area contributed by atoms with Crippen LogP contribution in [0.15, 0.2) is 9.59 Å².